The lowest BCUT2D eigenvalue weighted by Gasteiger charge is -2.09. The Balaban J connectivity index is 1.57. The van der Waals surface area contributed by atoms with Crippen LogP contribution in [0.4, 0.5) is 11.4 Å². The summed E-state index contributed by atoms with van der Waals surface area (Å²) in [6.45, 7) is 0.719. The summed E-state index contributed by atoms with van der Waals surface area (Å²) in [5.41, 5.74) is 3.13. The molecule has 1 aromatic heterocycles. The first-order valence-corrected chi connectivity index (χ1v) is 8.90. The number of rotatable bonds is 7. The van der Waals surface area contributed by atoms with Gasteiger partial charge in [0.1, 0.15) is 5.75 Å². The van der Waals surface area contributed by atoms with Gasteiger partial charge in [-0.15, -0.1) is 0 Å². The fraction of sp³-hybridized carbons (Fsp3) is 0.143. The summed E-state index contributed by atoms with van der Waals surface area (Å²) in [6.07, 6.45) is 4.07. The zero-order valence-corrected chi connectivity index (χ0v) is 15.7. The number of carbonyl (C=O) groups is 1. The van der Waals surface area contributed by atoms with E-state index in [-0.39, 0.29) is 5.91 Å². The molecule has 2 N–H and O–H groups in total. The van der Waals surface area contributed by atoms with Gasteiger partial charge in [0.05, 0.1) is 18.4 Å². The lowest BCUT2D eigenvalue weighted by Crippen LogP contribution is -2.13. The van der Waals surface area contributed by atoms with E-state index in [1.165, 1.54) is 5.56 Å². The number of pyridine rings is 1. The van der Waals surface area contributed by atoms with Gasteiger partial charge >= 0.3 is 0 Å². The van der Waals surface area contributed by atoms with Crippen molar-refractivity contribution >= 4 is 28.9 Å². The van der Waals surface area contributed by atoms with Gasteiger partial charge in [-0.1, -0.05) is 23.7 Å². The van der Waals surface area contributed by atoms with Crippen LogP contribution in [0, 0.1) is 0 Å². The molecule has 1 heterocycles. The van der Waals surface area contributed by atoms with Gasteiger partial charge < -0.3 is 15.4 Å². The Labute approximate surface area is 163 Å². The number of amides is 1. The van der Waals surface area contributed by atoms with E-state index in [0.717, 1.165) is 24.4 Å². The predicted octanol–water partition coefficient (Wildman–Crippen LogP) is 4.65. The summed E-state index contributed by atoms with van der Waals surface area (Å²) in [5.74, 6) is 0.622. The minimum atomic E-state index is -0.221. The first-order chi connectivity index (χ1) is 13.1. The van der Waals surface area contributed by atoms with Gasteiger partial charge in [-0.3, -0.25) is 9.78 Å². The fourth-order valence-electron chi connectivity index (χ4n) is 2.58. The molecule has 6 heteroatoms. The summed E-state index contributed by atoms with van der Waals surface area (Å²) >= 11 is 5.86. The standard InChI is InChI=1S/C21H20ClN3O2/c1-27-20-4-2-3-15(11-20)9-10-24-19-12-16(13-23-14-19)21(26)25-18-7-5-17(22)6-8-18/h2-8,11-14,24H,9-10H2,1H3,(H,25,26). The molecule has 1 amide bonds. The number of methoxy groups -OCH3 is 1. The first kappa shape index (κ1) is 18.7. The molecule has 138 valence electrons. The molecule has 0 atom stereocenters. The number of nitrogens with one attached hydrogen (secondary N) is 2. The molecule has 27 heavy (non-hydrogen) atoms. The molecule has 0 radical (unpaired) electrons. The van der Waals surface area contributed by atoms with Crippen LogP contribution in [0.2, 0.25) is 5.02 Å². The van der Waals surface area contributed by atoms with Crippen molar-refractivity contribution in [1.29, 1.82) is 0 Å². The second-order valence-corrected chi connectivity index (χ2v) is 6.39. The van der Waals surface area contributed by atoms with E-state index in [1.54, 1.807) is 49.8 Å². The SMILES string of the molecule is COc1cccc(CCNc2cncc(C(=O)Nc3ccc(Cl)cc3)c2)c1. The van der Waals surface area contributed by atoms with Crippen LogP contribution in [0.25, 0.3) is 0 Å². The zero-order chi connectivity index (χ0) is 19.1. The molecule has 0 saturated heterocycles. The van der Waals surface area contributed by atoms with Gasteiger partial charge in [-0.25, -0.2) is 0 Å². The minimum Gasteiger partial charge on any atom is -0.497 e. The third-order valence-electron chi connectivity index (χ3n) is 3.98. The lowest BCUT2D eigenvalue weighted by atomic mass is 10.1. The molecule has 3 rings (SSSR count). The van der Waals surface area contributed by atoms with Gasteiger partial charge in [-0.2, -0.15) is 0 Å². The third-order valence-corrected chi connectivity index (χ3v) is 4.23. The van der Waals surface area contributed by atoms with Gasteiger partial charge in [0, 0.05) is 29.6 Å². The number of aromatic nitrogens is 1. The van der Waals surface area contributed by atoms with Crippen LogP contribution in [0.3, 0.4) is 0 Å². The molecule has 0 aliphatic rings. The normalized spacial score (nSPS) is 10.3. The summed E-state index contributed by atoms with van der Waals surface area (Å²) < 4.78 is 5.23. The predicted molar refractivity (Wildman–Crippen MR) is 109 cm³/mol. The maximum absolute atomic E-state index is 12.4. The van der Waals surface area contributed by atoms with E-state index in [2.05, 4.69) is 21.7 Å². The van der Waals surface area contributed by atoms with Gasteiger partial charge in [-0.05, 0) is 54.4 Å². The summed E-state index contributed by atoms with van der Waals surface area (Å²) in [5, 5.41) is 6.75. The Morgan fingerprint density at radius 2 is 1.89 bits per heavy atom. The van der Waals surface area contributed by atoms with E-state index in [9.17, 15) is 4.79 Å². The van der Waals surface area contributed by atoms with E-state index in [0.29, 0.717) is 16.3 Å². The molecule has 5 nitrogen and oxygen atoms in total. The van der Waals surface area contributed by atoms with Crippen molar-refractivity contribution in [2.45, 2.75) is 6.42 Å². The highest BCUT2D eigenvalue weighted by Crippen LogP contribution is 2.16. The maximum atomic E-state index is 12.4. The molecule has 2 aromatic carbocycles. The van der Waals surface area contributed by atoms with Crippen molar-refractivity contribution in [2.75, 3.05) is 24.3 Å². The van der Waals surface area contributed by atoms with E-state index in [1.807, 2.05) is 18.2 Å². The molecule has 0 aliphatic carbocycles. The van der Waals surface area contributed by atoms with Crippen LogP contribution in [0.1, 0.15) is 15.9 Å². The number of halogens is 1. The summed E-state index contributed by atoms with van der Waals surface area (Å²) in [7, 11) is 1.66. The summed E-state index contributed by atoms with van der Waals surface area (Å²) in [4.78, 5) is 16.5. The third kappa shape index (κ3) is 5.46. The van der Waals surface area contributed by atoms with E-state index < -0.39 is 0 Å². The molecular weight excluding hydrogens is 362 g/mol. The quantitative estimate of drug-likeness (QED) is 0.625. The minimum absolute atomic E-state index is 0.221. The van der Waals surface area contributed by atoms with Crippen molar-refractivity contribution in [1.82, 2.24) is 4.98 Å². The highest BCUT2D eigenvalue weighted by molar-refractivity contribution is 6.30. The Morgan fingerprint density at radius 1 is 1.07 bits per heavy atom. The van der Waals surface area contributed by atoms with E-state index >= 15 is 0 Å². The second-order valence-electron chi connectivity index (χ2n) is 5.95. The van der Waals surface area contributed by atoms with Crippen LogP contribution in [0.15, 0.2) is 67.0 Å². The average molecular weight is 382 g/mol. The topological polar surface area (TPSA) is 63.2 Å². The summed E-state index contributed by atoms with van der Waals surface area (Å²) in [6, 6.07) is 16.7. The van der Waals surface area contributed by atoms with Gasteiger partial charge in [0.15, 0.2) is 0 Å². The molecule has 0 spiro atoms. The highest BCUT2D eigenvalue weighted by atomic mass is 35.5. The molecule has 0 aliphatic heterocycles. The molecule has 0 bridgehead atoms. The second kappa shape index (κ2) is 9.05. The Kier molecular flexibility index (Phi) is 6.28. The highest BCUT2D eigenvalue weighted by Gasteiger charge is 2.08. The van der Waals surface area contributed by atoms with E-state index in [4.69, 9.17) is 16.3 Å². The number of benzene rings is 2. The largest absolute Gasteiger partial charge is 0.497 e. The van der Waals surface area contributed by atoms with Gasteiger partial charge in [0.25, 0.3) is 5.91 Å². The zero-order valence-electron chi connectivity index (χ0n) is 14.9. The monoisotopic (exact) mass is 381 g/mol. The van der Waals surface area contributed by atoms with Crippen molar-refractivity contribution < 1.29 is 9.53 Å². The molecule has 0 unspecified atom stereocenters. The number of hydrogen-bond acceptors (Lipinski definition) is 4. The smallest absolute Gasteiger partial charge is 0.257 e. The number of nitrogens with zero attached hydrogens (tertiary/aromatic N) is 1. The van der Waals surface area contributed by atoms with Crippen LogP contribution in [-0.2, 0) is 6.42 Å². The van der Waals surface area contributed by atoms with Gasteiger partial charge in [0.2, 0.25) is 0 Å². The molecular formula is C21H20ClN3O2. The van der Waals surface area contributed by atoms with Crippen molar-refractivity contribution in [3.63, 3.8) is 0 Å². The Morgan fingerprint density at radius 3 is 2.67 bits per heavy atom. The molecule has 3 aromatic rings. The first-order valence-electron chi connectivity index (χ1n) is 8.53. The van der Waals surface area contributed by atoms with Crippen LogP contribution < -0.4 is 15.4 Å². The average Bonchev–Trinajstić information content (AvgIpc) is 2.70. The maximum Gasteiger partial charge on any atom is 0.257 e. The Hall–Kier alpha value is -3.05. The number of hydrogen-bond donors (Lipinski definition) is 2. The molecule has 0 fully saturated rings. The number of anilines is 2. The van der Waals surface area contributed by atoms with Crippen molar-refractivity contribution in [2.24, 2.45) is 0 Å². The number of carbonyl (C=O) groups excluding carboxylic acids is 1. The Bertz CT molecular complexity index is 913. The van der Waals surface area contributed by atoms with Crippen molar-refractivity contribution in [3.8, 4) is 5.75 Å². The van der Waals surface area contributed by atoms with Crippen LogP contribution in [0.5, 0.6) is 5.75 Å². The van der Waals surface area contributed by atoms with Crippen LogP contribution >= 0.6 is 11.6 Å². The fourth-order valence-corrected chi connectivity index (χ4v) is 2.70. The molecule has 0 saturated carbocycles. The van der Waals surface area contributed by atoms with Crippen molar-refractivity contribution in [3.05, 3.63) is 83.1 Å². The lowest BCUT2D eigenvalue weighted by molar-refractivity contribution is 0.102. The van der Waals surface area contributed by atoms with Crippen LogP contribution in [-0.4, -0.2) is 24.5 Å². The number of ether oxygens (including phenoxy) is 1.